The fourth-order valence-corrected chi connectivity index (χ4v) is 2.41. The van der Waals surface area contributed by atoms with Crippen LogP contribution in [0.3, 0.4) is 0 Å². The van der Waals surface area contributed by atoms with Gasteiger partial charge in [0.25, 0.3) is 11.3 Å². The number of anilines is 1. The molecule has 3 nitrogen and oxygen atoms in total. The molecule has 0 radical (unpaired) electrons. The maximum atomic E-state index is 13.3. The molecule has 0 amide bonds. The smallest absolute Gasteiger partial charge is 0.261 e. The number of benzene rings is 1. The van der Waals surface area contributed by atoms with E-state index in [1.165, 1.54) is 13.1 Å². The first kappa shape index (κ1) is 11.9. The van der Waals surface area contributed by atoms with Crippen molar-refractivity contribution in [1.29, 1.82) is 0 Å². The predicted molar refractivity (Wildman–Crippen MR) is 58.3 cm³/mol. The second kappa shape index (κ2) is 4.57. The molecule has 0 spiro atoms. The highest BCUT2D eigenvalue weighted by Gasteiger charge is 2.16. The van der Waals surface area contributed by atoms with Gasteiger partial charge in [0.1, 0.15) is 11.5 Å². The lowest BCUT2D eigenvalue weighted by atomic mass is 10.3. The highest BCUT2D eigenvalue weighted by atomic mass is 79.9. The normalized spacial score (nSPS) is 12.6. The van der Waals surface area contributed by atoms with Crippen LogP contribution >= 0.6 is 27.5 Å². The Morgan fingerprint density at radius 1 is 1.64 bits per heavy atom. The van der Waals surface area contributed by atoms with Crippen molar-refractivity contribution in [3.05, 3.63) is 27.4 Å². The van der Waals surface area contributed by atoms with E-state index in [2.05, 4.69) is 15.9 Å². The van der Waals surface area contributed by atoms with Crippen molar-refractivity contribution in [1.82, 2.24) is 0 Å². The first-order valence-corrected chi connectivity index (χ1v) is 5.66. The van der Waals surface area contributed by atoms with E-state index >= 15 is 0 Å². The molecule has 1 N–H and O–H groups in total. The van der Waals surface area contributed by atoms with E-state index in [4.69, 9.17) is 16.2 Å². The van der Waals surface area contributed by atoms with Crippen LogP contribution in [0.15, 0.2) is 16.6 Å². The average Bonchev–Trinajstić information content (AvgIpc) is 2.01. The lowest BCUT2D eigenvalue weighted by molar-refractivity contribution is 0.559. The average molecular weight is 303 g/mol. The third-order valence-electron chi connectivity index (χ3n) is 1.53. The molecule has 14 heavy (non-hydrogen) atoms. The van der Waals surface area contributed by atoms with Crippen molar-refractivity contribution in [2.24, 2.45) is 0 Å². The highest BCUT2D eigenvalue weighted by Crippen LogP contribution is 2.32. The molecule has 1 aromatic carbocycles. The van der Waals surface area contributed by atoms with Crippen molar-refractivity contribution in [2.75, 3.05) is 11.4 Å². The van der Waals surface area contributed by atoms with Gasteiger partial charge < -0.3 is 0 Å². The van der Waals surface area contributed by atoms with Gasteiger partial charge in [-0.05, 0) is 28.1 Å². The number of rotatable bonds is 2. The monoisotopic (exact) mass is 301 g/mol. The zero-order valence-electron chi connectivity index (χ0n) is 7.00. The fraction of sp³-hybridized carbons (Fsp3) is 0.143. The standard InChI is InChI=1S/C7H6BrClFNO2S/c1-11(14(12)13)7-5(8)2-4(9)3-6(7)10/h2-3H,1H3,(H,12,13). The molecular weight excluding hydrogens is 297 g/mol. The molecule has 0 aliphatic heterocycles. The second-order valence-electron chi connectivity index (χ2n) is 2.45. The molecule has 0 saturated carbocycles. The number of nitrogens with zero attached hydrogens (tertiary/aromatic N) is 1. The van der Waals surface area contributed by atoms with Crippen LogP contribution in [0.5, 0.6) is 0 Å². The van der Waals surface area contributed by atoms with E-state index in [0.717, 1.165) is 10.4 Å². The number of hydrogen-bond acceptors (Lipinski definition) is 1. The zero-order valence-corrected chi connectivity index (χ0v) is 10.2. The minimum Gasteiger partial charge on any atom is -0.289 e. The van der Waals surface area contributed by atoms with Gasteiger partial charge in [0.2, 0.25) is 0 Å². The van der Waals surface area contributed by atoms with Gasteiger partial charge in [-0.25, -0.2) is 8.60 Å². The molecule has 0 fully saturated rings. The van der Waals surface area contributed by atoms with Crippen LogP contribution in [-0.2, 0) is 11.3 Å². The Balaban J connectivity index is 3.27. The van der Waals surface area contributed by atoms with Crippen LogP contribution in [0.1, 0.15) is 0 Å². The van der Waals surface area contributed by atoms with Gasteiger partial charge in [-0.2, -0.15) is 0 Å². The fourth-order valence-electron chi connectivity index (χ4n) is 0.914. The Kier molecular flexibility index (Phi) is 3.88. The summed E-state index contributed by atoms with van der Waals surface area (Å²) >= 11 is 6.37. The first-order valence-electron chi connectivity index (χ1n) is 3.42. The van der Waals surface area contributed by atoms with Crippen LogP contribution in [0.2, 0.25) is 5.02 Å². The summed E-state index contributed by atoms with van der Waals surface area (Å²) in [5, 5.41) is 0.218. The lowest BCUT2D eigenvalue weighted by Gasteiger charge is -2.16. The van der Waals surface area contributed by atoms with Gasteiger partial charge >= 0.3 is 0 Å². The third-order valence-corrected chi connectivity index (χ3v) is 3.00. The summed E-state index contributed by atoms with van der Waals surface area (Å²) in [6, 6.07) is 2.52. The lowest BCUT2D eigenvalue weighted by Crippen LogP contribution is -2.20. The molecule has 0 aromatic heterocycles. The van der Waals surface area contributed by atoms with Crippen LogP contribution in [0, 0.1) is 5.82 Å². The van der Waals surface area contributed by atoms with Crippen molar-refractivity contribution in [3.8, 4) is 0 Å². The Morgan fingerprint density at radius 2 is 2.21 bits per heavy atom. The molecule has 1 rings (SSSR count). The number of hydrogen-bond donors (Lipinski definition) is 1. The van der Waals surface area contributed by atoms with Crippen molar-refractivity contribution < 1.29 is 13.2 Å². The molecular formula is C7H6BrClFNO2S. The van der Waals surface area contributed by atoms with Gasteiger partial charge in [0.15, 0.2) is 0 Å². The second-order valence-corrected chi connectivity index (χ2v) is 4.75. The van der Waals surface area contributed by atoms with Crippen molar-refractivity contribution in [2.45, 2.75) is 0 Å². The Morgan fingerprint density at radius 3 is 2.64 bits per heavy atom. The van der Waals surface area contributed by atoms with Gasteiger partial charge in [-0.1, -0.05) is 11.6 Å². The van der Waals surface area contributed by atoms with Crippen LogP contribution < -0.4 is 4.31 Å². The van der Waals surface area contributed by atoms with Crippen LogP contribution in [0.4, 0.5) is 10.1 Å². The SMILES string of the molecule is CN(c1c(F)cc(Cl)cc1Br)S(=O)O. The Labute approximate surface area is 96.4 Å². The minimum absolute atomic E-state index is 0.00441. The molecule has 0 saturated heterocycles. The molecule has 0 bridgehead atoms. The van der Waals surface area contributed by atoms with E-state index in [1.807, 2.05) is 0 Å². The molecule has 0 aliphatic rings. The molecule has 1 atom stereocenters. The highest BCUT2D eigenvalue weighted by molar-refractivity contribution is 9.10. The largest absolute Gasteiger partial charge is 0.289 e. The van der Waals surface area contributed by atoms with Crippen molar-refractivity contribution in [3.63, 3.8) is 0 Å². The number of halogens is 3. The van der Waals surface area contributed by atoms with Gasteiger partial charge in [-0.15, -0.1) is 0 Å². The first-order chi connectivity index (χ1) is 6.43. The zero-order chi connectivity index (χ0) is 10.9. The summed E-state index contributed by atoms with van der Waals surface area (Å²) in [5.74, 6) is -0.658. The summed E-state index contributed by atoms with van der Waals surface area (Å²) in [6.07, 6.45) is 0. The summed E-state index contributed by atoms with van der Waals surface area (Å²) in [4.78, 5) is 0. The van der Waals surface area contributed by atoms with Crippen LogP contribution in [-0.4, -0.2) is 15.8 Å². The van der Waals surface area contributed by atoms with E-state index in [0.29, 0.717) is 4.47 Å². The molecule has 0 aliphatic carbocycles. The predicted octanol–water partition coefficient (Wildman–Crippen LogP) is 2.81. The molecule has 7 heteroatoms. The molecule has 1 aromatic rings. The quantitative estimate of drug-likeness (QED) is 0.854. The van der Waals surface area contributed by atoms with E-state index in [-0.39, 0.29) is 10.7 Å². The summed E-state index contributed by atoms with van der Waals surface area (Å²) < 4.78 is 34.0. The van der Waals surface area contributed by atoms with E-state index < -0.39 is 17.1 Å². The van der Waals surface area contributed by atoms with E-state index in [1.54, 1.807) is 0 Å². The summed E-state index contributed by atoms with van der Waals surface area (Å²) in [5.41, 5.74) is -0.00441. The maximum Gasteiger partial charge on any atom is 0.261 e. The van der Waals surface area contributed by atoms with Gasteiger partial charge in [0.05, 0.1) is 0 Å². The van der Waals surface area contributed by atoms with Gasteiger partial charge in [-0.3, -0.25) is 8.86 Å². The maximum absolute atomic E-state index is 13.3. The van der Waals surface area contributed by atoms with E-state index in [9.17, 15) is 8.60 Å². The summed E-state index contributed by atoms with van der Waals surface area (Å²) in [7, 11) is 1.30. The van der Waals surface area contributed by atoms with Gasteiger partial charge in [0, 0.05) is 16.5 Å². The van der Waals surface area contributed by atoms with Crippen molar-refractivity contribution >= 4 is 44.5 Å². The molecule has 0 heterocycles. The Hall–Kier alpha value is -0.170. The topological polar surface area (TPSA) is 40.5 Å². The summed E-state index contributed by atoms with van der Waals surface area (Å²) in [6.45, 7) is 0. The van der Waals surface area contributed by atoms with Crippen LogP contribution in [0.25, 0.3) is 0 Å². The third kappa shape index (κ3) is 2.44. The Bertz CT molecular complexity index is 367. The minimum atomic E-state index is -2.27. The molecule has 1 unspecified atom stereocenters. The molecule has 78 valence electrons.